The molecule has 1 saturated heterocycles. The van der Waals surface area contributed by atoms with Crippen molar-refractivity contribution >= 4 is 15.9 Å². The van der Waals surface area contributed by atoms with E-state index < -0.39 is 28.9 Å². The summed E-state index contributed by atoms with van der Waals surface area (Å²) in [6.45, 7) is 7.52. The normalized spacial score (nSPS) is 16.5. The number of carbonyl (C=O) groups excluding carboxylic acids is 1. The van der Waals surface area contributed by atoms with Gasteiger partial charge in [-0.25, -0.2) is 17.2 Å². The predicted molar refractivity (Wildman–Crippen MR) is 105 cm³/mol. The van der Waals surface area contributed by atoms with Gasteiger partial charge in [0.1, 0.15) is 0 Å². The van der Waals surface area contributed by atoms with Crippen LogP contribution in [0.5, 0.6) is 0 Å². The van der Waals surface area contributed by atoms with E-state index in [1.165, 1.54) is 9.21 Å². The third-order valence-corrected chi connectivity index (χ3v) is 7.37. The fourth-order valence-electron chi connectivity index (χ4n) is 4.03. The zero-order valence-corrected chi connectivity index (χ0v) is 17.9. The maximum absolute atomic E-state index is 13.1. The average Bonchev–Trinajstić information content (AvgIpc) is 2.59. The number of sulfonamides is 1. The van der Waals surface area contributed by atoms with Gasteiger partial charge in [-0.2, -0.15) is 4.31 Å². The van der Waals surface area contributed by atoms with Crippen LogP contribution in [0.15, 0.2) is 17.0 Å². The molecule has 28 heavy (non-hydrogen) atoms. The summed E-state index contributed by atoms with van der Waals surface area (Å²) < 4.78 is 53.2. The van der Waals surface area contributed by atoms with Crippen LogP contribution in [-0.4, -0.2) is 56.1 Å². The monoisotopic (exact) mass is 416 g/mol. The zero-order chi connectivity index (χ0) is 21.1. The lowest BCUT2D eigenvalue weighted by atomic mass is 9.96. The van der Waals surface area contributed by atoms with Crippen molar-refractivity contribution in [2.75, 3.05) is 26.2 Å². The van der Waals surface area contributed by atoms with E-state index in [4.69, 9.17) is 0 Å². The van der Waals surface area contributed by atoms with E-state index >= 15 is 0 Å². The van der Waals surface area contributed by atoms with Gasteiger partial charge in [-0.1, -0.05) is 24.6 Å². The van der Waals surface area contributed by atoms with E-state index in [-0.39, 0.29) is 19.0 Å². The van der Waals surface area contributed by atoms with Crippen molar-refractivity contribution in [1.29, 1.82) is 0 Å². The molecule has 1 heterocycles. The lowest BCUT2D eigenvalue weighted by molar-refractivity contribution is -0.138. The first-order valence-electron chi connectivity index (χ1n) is 9.72. The molecule has 0 unspecified atom stereocenters. The molecule has 1 fully saturated rings. The summed E-state index contributed by atoms with van der Waals surface area (Å²) in [5.74, 6) is -0.696. The topological polar surface area (TPSA) is 57.7 Å². The molecule has 0 aliphatic carbocycles. The van der Waals surface area contributed by atoms with Crippen molar-refractivity contribution in [3.63, 3.8) is 0 Å². The summed E-state index contributed by atoms with van der Waals surface area (Å²) in [5.41, 5.74) is 2.43. The molecule has 8 heteroatoms. The average molecular weight is 417 g/mol. The highest BCUT2D eigenvalue weighted by atomic mass is 32.2. The van der Waals surface area contributed by atoms with Gasteiger partial charge in [0.2, 0.25) is 15.9 Å². The van der Waals surface area contributed by atoms with Gasteiger partial charge in [0, 0.05) is 25.6 Å². The second-order valence-electron chi connectivity index (χ2n) is 7.58. The Labute approximate surface area is 166 Å². The summed E-state index contributed by atoms with van der Waals surface area (Å²) in [5, 5.41) is 0. The standard InChI is InChI=1S/C20H30F2N2O3S/c1-5-8-23(13-18(21)22)20(25)17-6-9-24(10-7-17)28(26,27)19-15(3)11-14(2)12-16(19)4/h11-12,17-18H,5-10,13H2,1-4H3. The summed E-state index contributed by atoms with van der Waals surface area (Å²) in [4.78, 5) is 14.2. The van der Waals surface area contributed by atoms with Gasteiger partial charge >= 0.3 is 0 Å². The minimum Gasteiger partial charge on any atom is -0.337 e. The van der Waals surface area contributed by atoms with Crippen LogP contribution in [0.1, 0.15) is 42.9 Å². The molecule has 2 rings (SSSR count). The van der Waals surface area contributed by atoms with E-state index in [0.29, 0.717) is 41.8 Å². The van der Waals surface area contributed by atoms with E-state index in [1.807, 2.05) is 26.0 Å². The van der Waals surface area contributed by atoms with Gasteiger partial charge in [-0.15, -0.1) is 0 Å². The van der Waals surface area contributed by atoms with Crippen LogP contribution in [0.3, 0.4) is 0 Å². The third kappa shape index (κ3) is 5.08. The minimum atomic E-state index is -3.65. The Morgan fingerprint density at radius 1 is 1.18 bits per heavy atom. The Hall–Kier alpha value is -1.54. The van der Waals surface area contributed by atoms with Crippen LogP contribution in [0.4, 0.5) is 8.78 Å². The number of carbonyl (C=O) groups is 1. The molecule has 1 aromatic rings. The summed E-state index contributed by atoms with van der Waals surface area (Å²) in [6.07, 6.45) is -1.25. The Morgan fingerprint density at radius 3 is 2.18 bits per heavy atom. The molecule has 1 aliphatic heterocycles. The summed E-state index contributed by atoms with van der Waals surface area (Å²) in [6, 6.07) is 3.70. The van der Waals surface area contributed by atoms with E-state index in [1.54, 1.807) is 13.8 Å². The SMILES string of the molecule is CCCN(CC(F)F)C(=O)C1CCN(S(=O)(=O)c2c(C)cc(C)cc2C)CC1. The number of rotatable bonds is 7. The second kappa shape index (κ2) is 9.31. The molecule has 0 radical (unpaired) electrons. The molecule has 0 N–H and O–H groups in total. The van der Waals surface area contributed by atoms with Gasteiger partial charge in [0.05, 0.1) is 11.4 Å². The highest BCUT2D eigenvalue weighted by molar-refractivity contribution is 7.89. The fraction of sp³-hybridized carbons (Fsp3) is 0.650. The van der Waals surface area contributed by atoms with E-state index in [0.717, 1.165) is 5.56 Å². The molecule has 1 aromatic carbocycles. The predicted octanol–water partition coefficient (Wildman–Crippen LogP) is 3.52. The molecule has 0 aromatic heterocycles. The maximum atomic E-state index is 13.1. The van der Waals surface area contributed by atoms with Crippen molar-refractivity contribution < 1.29 is 22.0 Å². The molecule has 0 saturated carbocycles. The number of alkyl halides is 2. The van der Waals surface area contributed by atoms with Crippen molar-refractivity contribution in [1.82, 2.24) is 9.21 Å². The first-order chi connectivity index (χ1) is 13.1. The Kier molecular flexibility index (Phi) is 7.56. The molecule has 1 amide bonds. The van der Waals surface area contributed by atoms with Gasteiger partial charge in [0.25, 0.3) is 6.43 Å². The number of aryl methyl sites for hydroxylation is 3. The lowest BCUT2D eigenvalue weighted by Crippen LogP contribution is -2.45. The van der Waals surface area contributed by atoms with Crippen molar-refractivity contribution in [2.24, 2.45) is 5.92 Å². The smallest absolute Gasteiger partial charge is 0.255 e. The molecule has 5 nitrogen and oxygen atoms in total. The number of hydrogen-bond acceptors (Lipinski definition) is 3. The van der Waals surface area contributed by atoms with E-state index in [2.05, 4.69) is 0 Å². The van der Waals surface area contributed by atoms with Gasteiger partial charge in [-0.3, -0.25) is 4.79 Å². The van der Waals surface area contributed by atoms with Crippen LogP contribution in [0.25, 0.3) is 0 Å². The Balaban J connectivity index is 2.12. The van der Waals surface area contributed by atoms with Crippen LogP contribution in [-0.2, 0) is 14.8 Å². The molecular weight excluding hydrogens is 386 g/mol. The van der Waals surface area contributed by atoms with Crippen molar-refractivity contribution in [3.05, 3.63) is 28.8 Å². The largest absolute Gasteiger partial charge is 0.337 e. The molecule has 0 bridgehead atoms. The molecule has 158 valence electrons. The van der Waals surface area contributed by atoms with Crippen LogP contribution < -0.4 is 0 Å². The van der Waals surface area contributed by atoms with Gasteiger partial charge in [0.15, 0.2) is 0 Å². The summed E-state index contributed by atoms with van der Waals surface area (Å²) in [7, 11) is -3.65. The number of piperidine rings is 1. The Morgan fingerprint density at radius 2 is 1.71 bits per heavy atom. The van der Waals surface area contributed by atoms with Gasteiger partial charge < -0.3 is 4.90 Å². The molecule has 0 spiro atoms. The molecular formula is C20H30F2N2O3S. The number of nitrogens with zero attached hydrogens (tertiary/aromatic N) is 2. The number of hydrogen-bond donors (Lipinski definition) is 0. The van der Waals surface area contributed by atoms with E-state index in [9.17, 15) is 22.0 Å². The van der Waals surface area contributed by atoms with Gasteiger partial charge in [-0.05, 0) is 51.2 Å². The maximum Gasteiger partial charge on any atom is 0.255 e. The van der Waals surface area contributed by atoms with Crippen molar-refractivity contribution in [3.8, 4) is 0 Å². The first kappa shape index (κ1) is 22.7. The fourth-order valence-corrected chi connectivity index (χ4v) is 5.91. The highest BCUT2D eigenvalue weighted by Crippen LogP contribution is 2.29. The Bertz CT molecular complexity index is 781. The lowest BCUT2D eigenvalue weighted by Gasteiger charge is -2.34. The highest BCUT2D eigenvalue weighted by Gasteiger charge is 2.35. The first-order valence-corrected chi connectivity index (χ1v) is 11.2. The quantitative estimate of drug-likeness (QED) is 0.683. The van der Waals surface area contributed by atoms with Crippen LogP contribution in [0.2, 0.25) is 0 Å². The third-order valence-electron chi connectivity index (χ3n) is 5.17. The summed E-state index contributed by atoms with van der Waals surface area (Å²) >= 11 is 0. The minimum absolute atomic E-state index is 0.222. The molecule has 0 atom stereocenters. The zero-order valence-electron chi connectivity index (χ0n) is 17.0. The van der Waals surface area contributed by atoms with Crippen molar-refractivity contribution in [2.45, 2.75) is 58.3 Å². The second-order valence-corrected chi connectivity index (χ2v) is 9.46. The molecule has 1 aliphatic rings. The number of benzene rings is 1. The number of halogens is 2. The number of amides is 1. The van der Waals surface area contributed by atoms with Crippen LogP contribution >= 0.6 is 0 Å². The van der Waals surface area contributed by atoms with Crippen LogP contribution in [0, 0.1) is 26.7 Å².